The Morgan fingerprint density at radius 2 is 2.25 bits per heavy atom. The van der Waals surface area contributed by atoms with Crippen molar-refractivity contribution in [1.29, 1.82) is 0 Å². The van der Waals surface area contributed by atoms with Crippen LogP contribution in [0.5, 0.6) is 0 Å². The van der Waals surface area contributed by atoms with Gasteiger partial charge in [0.25, 0.3) is 0 Å². The molecule has 0 unspecified atom stereocenters. The molecule has 0 bridgehead atoms. The van der Waals surface area contributed by atoms with Crippen molar-refractivity contribution in [3.8, 4) is 11.3 Å². The van der Waals surface area contributed by atoms with Crippen LogP contribution in [0.1, 0.15) is 11.4 Å². The van der Waals surface area contributed by atoms with E-state index in [1.54, 1.807) is 11.3 Å². The quantitative estimate of drug-likeness (QED) is 0.938. The van der Waals surface area contributed by atoms with Gasteiger partial charge in [0, 0.05) is 21.8 Å². The second-order valence-electron chi connectivity index (χ2n) is 3.53. The Labute approximate surface area is 108 Å². The van der Waals surface area contributed by atoms with E-state index in [4.69, 9.17) is 5.73 Å². The molecule has 0 aliphatic heterocycles. The Hall–Kier alpha value is -0.710. The van der Waals surface area contributed by atoms with Gasteiger partial charge in [-0.2, -0.15) is 0 Å². The zero-order valence-corrected chi connectivity index (χ0v) is 11.2. The second-order valence-corrected chi connectivity index (χ2v) is 5.39. The maximum absolute atomic E-state index is 5.48. The van der Waals surface area contributed by atoms with Gasteiger partial charge in [0.05, 0.1) is 10.7 Å². The Morgan fingerprint density at radius 3 is 3.00 bits per heavy atom. The predicted molar refractivity (Wildman–Crippen MR) is 72.6 cm³/mol. The van der Waals surface area contributed by atoms with Crippen LogP contribution in [0.2, 0.25) is 0 Å². The van der Waals surface area contributed by atoms with Gasteiger partial charge in [-0.1, -0.05) is 28.1 Å². The first kappa shape index (κ1) is 11.8. The van der Waals surface area contributed by atoms with Crippen molar-refractivity contribution < 1.29 is 0 Å². The van der Waals surface area contributed by atoms with Crippen LogP contribution in [0, 0.1) is 0 Å². The van der Waals surface area contributed by atoms with E-state index in [0.717, 1.165) is 35.1 Å². The van der Waals surface area contributed by atoms with Crippen LogP contribution in [0.3, 0.4) is 0 Å². The predicted octanol–water partition coefficient (Wildman–Crippen LogP) is 3.46. The molecule has 0 aliphatic rings. The minimum absolute atomic E-state index is 0.728. The van der Waals surface area contributed by atoms with Crippen molar-refractivity contribution in [3.05, 3.63) is 39.1 Å². The van der Waals surface area contributed by atoms with Gasteiger partial charge in [0.2, 0.25) is 0 Å². The lowest BCUT2D eigenvalue weighted by molar-refractivity contribution is 0.827. The molecule has 2 aromatic rings. The van der Waals surface area contributed by atoms with Crippen molar-refractivity contribution in [3.63, 3.8) is 0 Å². The van der Waals surface area contributed by atoms with Crippen LogP contribution >= 0.6 is 27.3 Å². The van der Waals surface area contributed by atoms with Crippen LogP contribution in [0.25, 0.3) is 11.3 Å². The van der Waals surface area contributed by atoms with Crippen molar-refractivity contribution in [1.82, 2.24) is 4.98 Å². The molecule has 16 heavy (non-hydrogen) atoms. The van der Waals surface area contributed by atoms with E-state index in [1.165, 1.54) is 5.01 Å². The van der Waals surface area contributed by atoms with Crippen LogP contribution in [-0.2, 0) is 6.42 Å². The number of hydrogen-bond donors (Lipinski definition) is 1. The van der Waals surface area contributed by atoms with Gasteiger partial charge in [-0.15, -0.1) is 11.3 Å². The molecule has 0 atom stereocenters. The van der Waals surface area contributed by atoms with E-state index in [9.17, 15) is 0 Å². The number of aromatic nitrogens is 1. The smallest absolute Gasteiger partial charge is 0.0933 e. The van der Waals surface area contributed by atoms with Gasteiger partial charge in [-0.05, 0) is 25.1 Å². The fourth-order valence-electron chi connectivity index (χ4n) is 1.46. The first-order chi connectivity index (χ1) is 7.79. The van der Waals surface area contributed by atoms with E-state index in [1.807, 2.05) is 12.1 Å². The summed E-state index contributed by atoms with van der Waals surface area (Å²) >= 11 is 5.18. The molecule has 4 heteroatoms. The van der Waals surface area contributed by atoms with Crippen molar-refractivity contribution in [2.75, 3.05) is 6.54 Å². The molecule has 1 heterocycles. The molecule has 2 nitrogen and oxygen atoms in total. The summed E-state index contributed by atoms with van der Waals surface area (Å²) in [5, 5.41) is 3.27. The summed E-state index contributed by atoms with van der Waals surface area (Å²) in [7, 11) is 0. The summed E-state index contributed by atoms with van der Waals surface area (Å²) in [5.74, 6) is 0. The fraction of sp³-hybridized carbons (Fsp3) is 0.250. The summed E-state index contributed by atoms with van der Waals surface area (Å²) in [6.45, 7) is 0.728. The number of hydrogen-bond acceptors (Lipinski definition) is 3. The van der Waals surface area contributed by atoms with Gasteiger partial charge >= 0.3 is 0 Å². The highest BCUT2D eigenvalue weighted by Gasteiger charge is 2.04. The molecule has 0 saturated carbocycles. The zero-order chi connectivity index (χ0) is 11.4. The van der Waals surface area contributed by atoms with E-state index in [2.05, 4.69) is 38.4 Å². The summed E-state index contributed by atoms with van der Waals surface area (Å²) in [5.41, 5.74) is 7.70. The second kappa shape index (κ2) is 5.57. The number of nitrogens with zero attached hydrogens (tertiary/aromatic N) is 1. The molecule has 0 amide bonds. The highest BCUT2D eigenvalue weighted by molar-refractivity contribution is 9.10. The lowest BCUT2D eigenvalue weighted by Crippen LogP contribution is -1.99. The SMILES string of the molecule is NCCCc1nc(-c2cccc(Br)c2)cs1. The van der Waals surface area contributed by atoms with Crippen LogP contribution in [0.4, 0.5) is 0 Å². The maximum Gasteiger partial charge on any atom is 0.0933 e. The van der Waals surface area contributed by atoms with Gasteiger partial charge in [-0.3, -0.25) is 0 Å². The zero-order valence-electron chi connectivity index (χ0n) is 8.82. The van der Waals surface area contributed by atoms with Crippen LogP contribution in [-0.4, -0.2) is 11.5 Å². The molecule has 0 spiro atoms. The number of benzene rings is 1. The third-order valence-electron chi connectivity index (χ3n) is 2.27. The van der Waals surface area contributed by atoms with E-state index >= 15 is 0 Å². The molecule has 0 aliphatic carbocycles. The summed E-state index contributed by atoms with van der Waals surface area (Å²) in [4.78, 5) is 4.60. The van der Waals surface area contributed by atoms with Crippen LogP contribution < -0.4 is 5.73 Å². The number of thiazole rings is 1. The Kier molecular flexibility index (Phi) is 4.09. The standard InChI is InChI=1S/C12H13BrN2S/c13-10-4-1-3-9(7-10)11-8-16-12(15-11)5-2-6-14/h1,3-4,7-8H,2,5-6,14H2. The normalized spacial score (nSPS) is 10.6. The molecule has 0 saturated heterocycles. The van der Waals surface area contributed by atoms with Crippen molar-refractivity contribution in [2.45, 2.75) is 12.8 Å². The molecule has 1 aromatic heterocycles. The molecule has 0 fully saturated rings. The molecular formula is C12H13BrN2S. The average Bonchev–Trinajstić information content (AvgIpc) is 2.75. The summed E-state index contributed by atoms with van der Waals surface area (Å²) < 4.78 is 1.08. The van der Waals surface area contributed by atoms with Gasteiger partial charge < -0.3 is 5.73 Å². The Balaban J connectivity index is 2.18. The van der Waals surface area contributed by atoms with E-state index in [-0.39, 0.29) is 0 Å². The maximum atomic E-state index is 5.48. The topological polar surface area (TPSA) is 38.9 Å². The van der Waals surface area contributed by atoms with Crippen molar-refractivity contribution in [2.24, 2.45) is 5.73 Å². The highest BCUT2D eigenvalue weighted by Crippen LogP contribution is 2.24. The monoisotopic (exact) mass is 296 g/mol. The number of nitrogens with two attached hydrogens (primary N) is 1. The number of halogens is 1. The number of rotatable bonds is 4. The summed E-state index contributed by atoms with van der Waals surface area (Å²) in [6, 6.07) is 8.21. The molecule has 0 radical (unpaired) electrons. The lowest BCUT2D eigenvalue weighted by atomic mass is 10.2. The van der Waals surface area contributed by atoms with Gasteiger partial charge in [0.1, 0.15) is 0 Å². The number of aryl methyl sites for hydroxylation is 1. The third-order valence-corrected chi connectivity index (χ3v) is 3.67. The van der Waals surface area contributed by atoms with Crippen molar-refractivity contribution >= 4 is 27.3 Å². The molecule has 2 rings (SSSR count). The largest absolute Gasteiger partial charge is 0.330 e. The molecule has 2 N–H and O–H groups in total. The van der Waals surface area contributed by atoms with Gasteiger partial charge in [-0.25, -0.2) is 4.98 Å². The summed E-state index contributed by atoms with van der Waals surface area (Å²) in [6.07, 6.45) is 1.99. The average molecular weight is 297 g/mol. The lowest BCUT2D eigenvalue weighted by Gasteiger charge is -1.97. The van der Waals surface area contributed by atoms with E-state index < -0.39 is 0 Å². The fourth-order valence-corrected chi connectivity index (χ4v) is 2.71. The molecule has 1 aromatic carbocycles. The first-order valence-electron chi connectivity index (χ1n) is 5.20. The molecular weight excluding hydrogens is 284 g/mol. The molecule has 84 valence electrons. The van der Waals surface area contributed by atoms with Crippen LogP contribution in [0.15, 0.2) is 34.1 Å². The first-order valence-corrected chi connectivity index (χ1v) is 6.87. The Bertz CT molecular complexity index is 468. The minimum Gasteiger partial charge on any atom is -0.330 e. The Morgan fingerprint density at radius 1 is 1.38 bits per heavy atom. The van der Waals surface area contributed by atoms with E-state index in [0.29, 0.717) is 0 Å². The minimum atomic E-state index is 0.728. The third kappa shape index (κ3) is 2.90. The highest BCUT2D eigenvalue weighted by atomic mass is 79.9. The van der Waals surface area contributed by atoms with Gasteiger partial charge in [0.15, 0.2) is 0 Å².